The summed E-state index contributed by atoms with van der Waals surface area (Å²) in [6.07, 6.45) is 6.46. The Labute approximate surface area is 109 Å². The molecule has 18 heavy (non-hydrogen) atoms. The summed E-state index contributed by atoms with van der Waals surface area (Å²) in [5, 5.41) is 1.38. The molecule has 1 atom stereocenters. The number of hydrogen-bond acceptors (Lipinski definition) is 1. The second kappa shape index (κ2) is 4.77. The predicted octanol–water partition coefficient (Wildman–Crippen LogP) is 3.50. The highest BCUT2D eigenvalue weighted by Gasteiger charge is 2.19. The minimum Gasteiger partial charge on any atom is -0.347 e. The molecule has 1 fully saturated rings. The van der Waals surface area contributed by atoms with Crippen LogP contribution in [-0.4, -0.2) is 11.1 Å². The number of aromatic nitrogens is 1. The van der Waals surface area contributed by atoms with E-state index < -0.39 is 0 Å². The molecule has 0 radical (unpaired) electrons. The van der Waals surface area contributed by atoms with Crippen molar-refractivity contribution < 1.29 is 0 Å². The van der Waals surface area contributed by atoms with Crippen molar-refractivity contribution in [2.45, 2.75) is 38.6 Å². The van der Waals surface area contributed by atoms with Gasteiger partial charge in [0.15, 0.2) is 0 Å². The SMILES string of the molecule is CC(CN)c1cccc2c1ccn2CC1CCC1. The van der Waals surface area contributed by atoms with Crippen LogP contribution < -0.4 is 5.73 Å². The molecule has 0 amide bonds. The standard InChI is InChI=1S/C16H22N2/c1-12(10-17)14-6-3-7-16-15(14)8-9-18(16)11-13-4-2-5-13/h3,6-9,12-13H,2,4-5,10-11,17H2,1H3. The van der Waals surface area contributed by atoms with Crippen LogP contribution in [0.2, 0.25) is 0 Å². The van der Waals surface area contributed by atoms with Crippen molar-refractivity contribution in [3.63, 3.8) is 0 Å². The van der Waals surface area contributed by atoms with Crippen LogP contribution in [0, 0.1) is 5.92 Å². The van der Waals surface area contributed by atoms with Crippen LogP contribution in [-0.2, 0) is 6.54 Å². The summed E-state index contributed by atoms with van der Waals surface area (Å²) >= 11 is 0. The highest BCUT2D eigenvalue weighted by molar-refractivity contribution is 5.84. The monoisotopic (exact) mass is 242 g/mol. The van der Waals surface area contributed by atoms with Crippen LogP contribution in [0.25, 0.3) is 10.9 Å². The second-order valence-corrected chi connectivity index (χ2v) is 5.68. The molecule has 3 rings (SSSR count). The molecule has 0 bridgehead atoms. The van der Waals surface area contributed by atoms with Crippen molar-refractivity contribution in [1.82, 2.24) is 4.57 Å². The smallest absolute Gasteiger partial charge is 0.0483 e. The fourth-order valence-electron chi connectivity index (χ4n) is 2.92. The predicted molar refractivity (Wildman–Crippen MR) is 76.7 cm³/mol. The summed E-state index contributed by atoms with van der Waals surface area (Å²) in [7, 11) is 0. The number of fused-ring (bicyclic) bond motifs is 1. The maximum absolute atomic E-state index is 5.81. The Kier molecular flexibility index (Phi) is 3.13. The summed E-state index contributed by atoms with van der Waals surface area (Å²) < 4.78 is 2.42. The van der Waals surface area contributed by atoms with E-state index in [2.05, 4.69) is 42.0 Å². The molecule has 2 aromatic rings. The number of benzene rings is 1. The zero-order valence-corrected chi connectivity index (χ0v) is 11.1. The molecule has 0 saturated heterocycles. The van der Waals surface area contributed by atoms with Crippen molar-refractivity contribution in [3.05, 3.63) is 36.0 Å². The molecule has 1 saturated carbocycles. The van der Waals surface area contributed by atoms with Crippen LogP contribution in [0.3, 0.4) is 0 Å². The normalized spacial score (nSPS) is 17.9. The molecule has 96 valence electrons. The third-order valence-electron chi connectivity index (χ3n) is 4.41. The summed E-state index contributed by atoms with van der Waals surface area (Å²) in [5.74, 6) is 1.34. The van der Waals surface area contributed by atoms with Crippen LogP contribution >= 0.6 is 0 Å². The molecule has 1 aliphatic rings. The third kappa shape index (κ3) is 1.95. The Morgan fingerprint density at radius 2 is 2.17 bits per heavy atom. The molecule has 1 unspecified atom stereocenters. The van der Waals surface area contributed by atoms with Crippen LogP contribution in [0.4, 0.5) is 0 Å². The van der Waals surface area contributed by atoms with Gasteiger partial charge in [-0.2, -0.15) is 0 Å². The van der Waals surface area contributed by atoms with Gasteiger partial charge in [0.05, 0.1) is 0 Å². The molecule has 2 heteroatoms. The average Bonchev–Trinajstić information content (AvgIpc) is 2.76. The van der Waals surface area contributed by atoms with E-state index in [1.54, 1.807) is 0 Å². The Bertz CT molecular complexity index is 537. The Hall–Kier alpha value is -1.28. The van der Waals surface area contributed by atoms with Gasteiger partial charge in [0.1, 0.15) is 0 Å². The number of nitrogens with zero attached hydrogens (tertiary/aromatic N) is 1. The van der Waals surface area contributed by atoms with Gasteiger partial charge in [-0.15, -0.1) is 0 Å². The molecule has 1 aliphatic carbocycles. The van der Waals surface area contributed by atoms with Crippen LogP contribution in [0.5, 0.6) is 0 Å². The van der Waals surface area contributed by atoms with E-state index in [0.717, 1.165) is 5.92 Å². The topological polar surface area (TPSA) is 30.9 Å². The van der Waals surface area contributed by atoms with Gasteiger partial charge in [-0.25, -0.2) is 0 Å². The van der Waals surface area contributed by atoms with Gasteiger partial charge in [-0.3, -0.25) is 0 Å². The first-order valence-corrected chi connectivity index (χ1v) is 7.07. The lowest BCUT2D eigenvalue weighted by Crippen LogP contribution is -2.17. The molecule has 0 spiro atoms. The van der Waals surface area contributed by atoms with E-state index in [1.807, 2.05) is 0 Å². The van der Waals surface area contributed by atoms with E-state index in [9.17, 15) is 0 Å². The Morgan fingerprint density at radius 3 is 2.83 bits per heavy atom. The average molecular weight is 242 g/mol. The molecule has 1 aromatic heterocycles. The lowest BCUT2D eigenvalue weighted by atomic mass is 9.85. The van der Waals surface area contributed by atoms with Crippen molar-refractivity contribution in [2.75, 3.05) is 6.54 Å². The van der Waals surface area contributed by atoms with E-state index >= 15 is 0 Å². The molecular weight excluding hydrogens is 220 g/mol. The third-order valence-corrected chi connectivity index (χ3v) is 4.41. The van der Waals surface area contributed by atoms with Gasteiger partial charge >= 0.3 is 0 Å². The Morgan fingerprint density at radius 1 is 1.33 bits per heavy atom. The summed E-state index contributed by atoms with van der Waals surface area (Å²) in [6, 6.07) is 8.88. The number of hydrogen-bond donors (Lipinski definition) is 1. The highest BCUT2D eigenvalue weighted by Crippen LogP contribution is 2.31. The molecule has 2 nitrogen and oxygen atoms in total. The molecule has 1 aromatic carbocycles. The van der Waals surface area contributed by atoms with E-state index in [1.165, 1.54) is 42.3 Å². The van der Waals surface area contributed by atoms with E-state index in [-0.39, 0.29) is 0 Å². The maximum atomic E-state index is 5.81. The zero-order chi connectivity index (χ0) is 12.5. The molecule has 1 heterocycles. The molecule has 2 N–H and O–H groups in total. The lowest BCUT2D eigenvalue weighted by Gasteiger charge is -2.26. The van der Waals surface area contributed by atoms with Crippen molar-refractivity contribution in [3.8, 4) is 0 Å². The fourth-order valence-corrected chi connectivity index (χ4v) is 2.92. The van der Waals surface area contributed by atoms with E-state index in [0.29, 0.717) is 12.5 Å². The summed E-state index contributed by atoms with van der Waals surface area (Å²) in [5.41, 5.74) is 8.57. The minimum atomic E-state index is 0.438. The van der Waals surface area contributed by atoms with Crippen molar-refractivity contribution in [2.24, 2.45) is 11.7 Å². The minimum absolute atomic E-state index is 0.438. The number of nitrogens with two attached hydrogens (primary N) is 1. The van der Waals surface area contributed by atoms with Gasteiger partial charge in [0, 0.05) is 23.6 Å². The first-order valence-electron chi connectivity index (χ1n) is 7.07. The largest absolute Gasteiger partial charge is 0.347 e. The number of rotatable bonds is 4. The maximum Gasteiger partial charge on any atom is 0.0483 e. The summed E-state index contributed by atoms with van der Waals surface area (Å²) in [4.78, 5) is 0. The zero-order valence-electron chi connectivity index (χ0n) is 11.1. The lowest BCUT2D eigenvalue weighted by molar-refractivity contribution is 0.280. The fraction of sp³-hybridized carbons (Fsp3) is 0.500. The quantitative estimate of drug-likeness (QED) is 0.874. The van der Waals surface area contributed by atoms with Gasteiger partial charge in [0.25, 0.3) is 0 Å². The van der Waals surface area contributed by atoms with E-state index in [4.69, 9.17) is 5.73 Å². The second-order valence-electron chi connectivity index (χ2n) is 5.68. The van der Waals surface area contributed by atoms with Crippen LogP contribution in [0.1, 0.15) is 37.7 Å². The van der Waals surface area contributed by atoms with Gasteiger partial charge in [-0.1, -0.05) is 25.5 Å². The van der Waals surface area contributed by atoms with Gasteiger partial charge in [-0.05, 0) is 48.9 Å². The molecule has 0 aliphatic heterocycles. The van der Waals surface area contributed by atoms with Gasteiger partial charge in [0.2, 0.25) is 0 Å². The van der Waals surface area contributed by atoms with Crippen molar-refractivity contribution >= 4 is 10.9 Å². The first kappa shape index (κ1) is 11.8. The summed E-state index contributed by atoms with van der Waals surface area (Å²) in [6.45, 7) is 4.11. The first-order chi connectivity index (χ1) is 8.79. The van der Waals surface area contributed by atoms with Crippen LogP contribution in [0.15, 0.2) is 30.5 Å². The highest BCUT2D eigenvalue weighted by atomic mass is 15.0. The molecular formula is C16H22N2. The Balaban J connectivity index is 1.97. The van der Waals surface area contributed by atoms with Crippen molar-refractivity contribution in [1.29, 1.82) is 0 Å². The van der Waals surface area contributed by atoms with Gasteiger partial charge < -0.3 is 10.3 Å².